The lowest BCUT2D eigenvalue weighted by atomic mass is 9.55. The normalized spacial score (nSPS) is 24.6. The molecule has 3 aliphatic rings. The Morgan fingerprint density at radius 1 is 1.07 bits per heavy atom. The van der Waals surface area contributed by atoms with E-state index in [2.05, 4.69) is 23.1 Å². The number of nitrogens with one attached hydrogen (secondary N) is 1. The summed E-state index contributed by atoms with van der Waals surface area (Å²) in [4.78, 5) is 34.1. The van der Waals surface area contributed by atoms with Gasteiger partial charge in [-0.05, 0) is 80.2 Å². The Kier molecular flexibility index (Phi) is 15.0. The molecule has 6 atom stereocenters. The van der Waals surface area contributed by atoms with Crippen LogP contribution in [0.1, 0.15) is 82.3 Å². The van der Waals surface area contributed by atoms with Gasteiger partial charge in [-0.3, -0.25) is 4.90 Å². The van der Waals surface area contributed by atoms with Crippen LogP contribution in [-0.4, -0.2) is 84.9 Å². The molecule has 1 heterocycles. The number of benzene rings is 2. The molecule has 1 saturated carbocycles. The molecule has 12 heteroatoms. The first-order chi connectivity index (χ1) is 26.3. The van der Waals surface area contributed by atoms with E-state index in [1.807, 2.05) is 56.3 Å². The highest BCUT2D eigenvalue weighted by molar-refractivity contribution is 6.03. The van der Waals surface area contributed by atoms with Crippen LogP contribution in [0.3, 0.4) is 0 Å². The zero-order chi connectivity index (χ0) is 38.5. The van der Waals surface area contributed by atoms with Gasteiger partial charge in [0.1, 0.15) is 31.3 Å². The molecule has 1 aliphatic heterocycles. The molecule has 2 aliphatic carbocycles. The van der Waals surface area contributed by atoms with Crippen LogP contribution < -0.4 is 14.8 Å². The summed E-state index contributed by atoms with van der Waals surface area (Å²) in [5.41, 5.74) is 3.34. The van der Waals surface area contributed by atoms with Crippen LogP contribution in [0.15, 0.2) is 78.0 Å². The Bertz CT molecular complexity index is 1620. The molecule has 0 bridgehead atoms. The van der Waals surface area contributed by atoms with Gasteiger partial charge >= 0.3 is 12.2 Å². The Hall–Kier alpha value is -4.39. The summed E-state index contributed by atoms with van der Waals surface area (Å²) in [6.07, 6.45) is 8.36. The lowest BCUT2D eigenvalue weighted by Gasteiger charge is -2.59. The number of unbranched alkanes of at least 4 members (excludes halogenated alkanes) is 2. The predicted octanol–water partition coefficient (Wildman–Crippen LogP) is 7.11. The van der Waals surface area contributed by atoms with Crippen molar-refractivity contribution in [3.8, 4) is 11.5 Å². The number of carbonyl (C=O) groups is 2. The minimum atomic E-state index is -1.40. The highest BCUT2D eigenvalue weighted by Crippen LogP contribution is 2.62. The highest BCUT2D eigenvalue weighted by Gasteiger charge is 2.65. The van der Waals surface area contributed by atoms with E-state index in [4.69, 9.17) is 23.8 Å². The molecule has 294 valence electrons. The topological polar surface area (TPSA) is 148 Å². The third kappa shape index (κ3) is 9.10. The molecule has 2 aromatic carbocycles. The Balaban J connectivity index is 1.72. The molecule has 54 heavy (non-hydrogen) atoms. The molecule has 0 spiro atoms. The van der Waals surface area contributed by atoms with E-state index >= 15 is 0 Å². The zero-order valence-electron chi connectivity index (χ0n) is 31.9. The van der Waals surface area contributed by atoms with Crippen molar-refractivity contribution in [3.05, 3.63) is 84.0 Å². The fourth-order valence-electron chi connectivity index (χ4n) is 8.53. The van der Waals surface area contributed by atoms with Crippen molar-refractivity contribution in [2.24, 2.45) is 22.9 Å². The van der Waals surface area contributed by atoms with Crippen LogP contribution in [0.2, 0.25) is 0 Å². The summed E-state index contributed by atoms with van der Waals surface area (Å²) < 4.78 is 25.8. The first kappa shape index (κ1) is 40.8. The second-order valence-electron chi connectivity index (χ2n) is 14.1. The monoisotopic (exact) mass is 747 g/mol. The number of aliphatic hydroxyl groups is 2. The van der Waals surface area contributed by atoms with Crippen LogP contribution in [0, 0.1) is 17.8 Å². The van der Waals surface area contributed by atoms with E-state index in [-0.39, 0.29) is 50.6 Å². The van der Waals surface area contributed by atoms with E-state index in [9.17, 15) is 19.8 Å². The number of aliphatic hydroxyl groups excluding tert-OH is 2. The van der Waals surface area contributed by atoms with Crippen LogP contribution in [0.5, 0.6) is 11.5 Å². The highest BCUT2D eigenvalue weighted by atomic mass is 16.7. The predicted molar refractivity (Wildman–Crippen MR) is 205 cm³/mol. The van der Waals surface area contributed by atoms with Gasteiger partial charge < -0.3 is 39.3 Å². The van der Waals surface area contributed by atoms with Crippen molar-refractivity contribution >= 4 is 17.9 Å². The molecule has 5 rings (SSSR count). The molecule has 12 nitrogen and oxygen atoms in total. The largest absolute Gasteiger partial charge is 0.459 e. The number of fused-ring (bicyclic) bond motifs is 2. The van der Waals surface area contributed by atoms with Gasteiger partial charge in [0.25, 0.3) is 0 Å². The number of oxime groups is 1. The maximum Gasteiger partial charge on any atom is 0.412 e. The summed E-state index contributed by atoms with van der Waals surface area (Å²) in [5, 5.41) is 26.9. The van der Waals surface area contributed by atoms with Gasteiger partial charge in [-0.1, -0.05) is 67.4 Å². The molecule has 6 unspecified atom stereocenters. The molecule has 3 N–H and O–H groups in total. The van der Waals surface area contributed by atoms with Crippen molar-refractivity contribution in [1.82, 2.24) is 10.2 Å². The van der Waals surface area contributed by atoms with Gasteiger partial charge in [-0.15, -0.1) is 6.58 Å². The summed E-state index contributed by atoms with van der Waals surface area (Å²) >= 11 is 0. The molecule has 1 fully saturated rings. The van der Waals surface area contributed by atoms with Gasteiger partial charge in [0, 0.05) is 44.2 Å². The lowest BCUT2D eigenvalue weighted by molar-refractivity contribution is -0.255. The van der Waals surface area contributed by atoms with Crippen LogP contribution in [0.4, 0.5) is 9.59 Å². The van der Waals surface area contributed by atoms with Gasteiger partial charge in [0.15, 0.2) is 0 Å². The molecular weight excluding hydrogens is 690 g/mol. The third-order valence-corrected chi connectivity index (χ3v) is 10.7. The Morgan fingerprint density at radius 3 is 2.52 bits per heavy atom. The standard InChI is InChI=1S/C42H57N3O9/c1-5-21-45(41(49)51-28-29-15-9-8-10-16-29)37-27-35(44-50-4)33-25-30(17-11-13-22-46)32(18-12-14-23-47)38-34-26-31(53-40(48)43-7-3)19-20-36(34)54-42(37,39(33)38)52-24-6-2/h6,8-10,15-16,19-20,25-26,30,32,37-39,46-47H,2,5,7,11-14,17-18,21-24,27-28H2,1,3-4H3,(H,43,48). The summed E-state index contributed by atoms with van der Waals surface area (Å²) in [6.45, 7) is 9.03. The van der Waals surface area contributed by atoms with Gasteiger partial charge in [0.2, 0.25) is 5.79 Å². The van der Waals surface area contributed by atoms with Gasteiger partial charge in [-0.25, -0.2) is 9.59 Å². The minimum Gasteiger partial charge on any atom is -0.459 e. The molecule has 0 aromatic heterocycles. The number of hydrogen-bond acceptors (Lipinski definition) is 10. The first-order valence-corrected chi connectivity index (χ1v) is 19.4. The quantitative estimate of drug-likeness (QED) is 0.0777. The van der Waals surface area contributed by atoms with Crippen LogP contribution >= 0.6 is 0 Å². The van der Waals surface area contributed by atoms with Crippen molar-refractivity contribution in [1.29, 1.82) is 0 Å². The third-order valence-electron chi connectivity index (χ3n) is 10.7. The Labute approximate surface area is 319 Å². The summed E-state index contributed by atoms with van der Waals surface area (Å²) in [5.74, 6) is -1.08. The fourth-order valence-corrected chi connectivity index (χ4v) is 8.53. The second kappa shape index (κ2) is 19.8. The smallest absolute Gasteiger partial charge is 0.412 e. The fraction of sp³-hybridized carbons (Fsp3) is 0.548. The first-order valence-electron chi connectivity index (χ1n) is 19.4. The van der Waals surface area contributed by atoms with E-state index in [1.54, 1.807) is 17.0 Å². The molecule has 2 aromatic rings. The van der Waals surface area contributed by atoms with E-state index in [0.29, 0.717) is 49.6 Å². The van der Waals surface area contributed by atoms with Gasteiger partial charge in [-0.2, -0.15) is 0 Å². The molecule has 0 saturated heterocycles. The number of carbonyl (C=O) groups excluding carboxylic acids is 2. The minimum absolute atomic E-state index is 0.0327. The average molecular weight is 748 g/mol. The number of rotatable bonds is 19. The molecule has 0 radical (unpaired) electrons. The van der Waals surface area contributed by atoms with E-state index in [0.717, 1.165) is 42.4 Å². The van der Waals surface area contributed by atoms with Crippen LogP contribution in [-0.2, 0) is 20.9 Å². The lowest BCUT2D eigenvalue weighted by Crippen LogP contribution is -2.70. The van der Waals surface area contributed by atoms with Crippen molar-refractivity contribution in [3.63, 3.8) is 0 Å². The van der Waals surface area contributed by atoms with Crippen molar-refractivity contribution in [2.45, 2.75) is 89.6 Å². The maximum absolute atomic E-state index is 14.3. The van der Waals surface area contributed by atoms with Crippen molar-refractivity contribution < 1.29 is 43.6 Å². The number of nitrogens with zero attached hydrogens (tertiary/aromatic N) is 2. The molecule has 2 amide bonds. The summed E-state index contributed by atoms with van der Waals surface area (Å²) in [6, 6.07) is 14.3. The number of allylic oxidation sites excluding steroid dienone is 1. The zero-order valence-corrected chi connectivity index (χ0v) is 31.9. The Morgan fingerprint density at radius 2 is 1.83 bits per heavy atom. The average Bonchev–Trinajstić information content (AvgIpc) is 3.17. The SMILES string of the molecule is C=CCOC12Oc3ccc(OC(=O)NCC)cc3C3C(CCCCO)C(CCCCO)C=C(C(=NOC)CC1N(CCC)C(=O)OCc1ccccc1)C32. The van der Waals surface area contributed by atoms with E-state index in [1.165, 1.54) is 7.11 Å². The second-order valence-corrected chi connectivity index (χ2v) is 14.1. The number of ether oxygens (including phenoxy) is 4. The number of hydrogen-bond donors (Lipinski definition) is 3. The van der Waals surface area contributed by atoms with Gasteiger partial charge in [0.05, 0.1) is 18.2 Å². The molecular formula is C42H57N3O9. The van der Waals surface area contributed by atoms with Crippen LogP contribution in [0.25, 0.3) is 0 Å². The van der Waals surface area contributed by atoms with Crippen molar-refractivity contribution in [2.75, 3.05) is 40.0 Å². The van der Waals surface area contributed by atoms with E-state index < -0.39 is 29.9 Å². The number of amides is 2. The maximum atomic E-state index is 14.3. The summed E-state index contributed by atoms with van der Waals surface area (Å²) in [7, 11) is 1.52.